The lowest BCUT2D eigenvalue weighted by atomic mass is 10.1. The molecule has 0 saturated heterocycles. The first-order chi connectivity index (χ1) is 8.54. The molecule has 0 saturated carbocycles. The fraction of sp³-hybridized carbons (Fsp3) is 0.800. The number of nitrogens with zero attached hydrogens (tertiary/aromatic N) is 3. The molecule has 0 aliphatic carbocycles. The number of ether oxygens (including phenoxy) is 1. The molecular formula is C10H19N3O6. The first-order valence-electron chi connectivity index (χ1n) is 5.54. The number of carbonyl (C=O) groups excluding carboxylic acids is 1. The van der Waals surface area contributed by atoms with Crippen LogP contribution in [0.15, 0.2) is 5.28 Å². The van der Waals surface area contributed by atoms with E-state index in [9.17, 15) is 14.8 Å². The quantitative estimate of drug-likeness (QED) is 0.252. The van der Waals surface area contributed by atoms with E-state index in [2.05, 4.69) is 14.9 Å². The maximum absolute atomic E-state index is 11.7. The Kier molecular flexibility index (Phi) is 6.03. The number of carbonyl (C=O) groups is 2. The minimum absolute atomic E-state index is 0.0219. The van der Waals surface area contributed by atoms with Crippen molar-refractivity contribution in [1.29, 1.82) is 0 Å². The van der Waals surface area contributed by atoms with Crippen LogP contribution in [0, 0.1) is 5.21 Å². The van der Waals surface area contributed by atoms with E-state index in [1.165, 1.54) is 13.8 Å². The van der Waals surface area contributed by atoms with Crippen molar-refractivity contribution >= 4 is 11.9 Å². The van der Waals surface area contributed by atoms with Gasteiger partial charge in [-0.05, 0) is 20.8 Å². The van der Waals surface area contributed by atoms with Crippen LogP contribution in [0.3, 0.4) is 0 Å². The lowest BCUT2D eigenvalue weighted by molar-refractivity contribution is -0.725. The molecule has 1 atom stereocenters. The summed E-state index contributed by atoms with van der Waals surface area (Å²) >= 11 is 0. The van der Waals surface area contributed by atoms with E-state index in [0.29, 0.717) is 0 Å². The van der Waals surface area contributed by atoms with Gasteiger partial charge in [-0.2, -0.15) is 0 Å². The van der Waals surface area contributed by atoms with Gasteiger partial charge in [-0.1, -0.05) is 0 Å². The van der Waals surface area contributed by atoms with Crippen LogP contribution in [-0.2, 0) is 19.2 Å². The zero-order valence-corrected chi connectivity index (χ0v) is 11.6. The van der Waals surface area contributed by atoms with Gasteiger partial charge in [0, 0.05) is 13.8 Å². The molecule has 0 aromatic rings. The highest BCUT2D eigenvalue weighted by Crippen LogP contribution is 2.13. The Labute approximate surface area is 110 Å². The SMILES string of the molecule is CC(=O)OC(C)O/N=[N+](/[O-])N(CC(=O)O)C(C)(C)C. The lowest BCUT2D eigenvalue weighted by Crippen LogP contribution is -2.48. The Hall–Kier alpha value is -2.06. The number of carboxylic acids is 1. The molecule has 0 heterocycles. The Balaban J connectivity index is 4.75. The molecule has 0 spiro atoms. The van der Waals surface area contributed by atoms with E-state index in [-0.39, 0.29) is 4.97 Å². The van der Waals surface area contributed by atoms with Crippen LogP contribution in [0.25, 0.3) is 0 Å². The highest BCUT2D eigenvalue weighted by atomic mass is 16.8. The minimum Gasteiger partial charge on any atom is -0.569 e. The van der Waals surface area contributed by atoms with Gasteiger partial charge in [0.25, 0.3) is 6.29 Å². The molecule has 0 aromatic carbocycles. The number of rotatable bonds is 6. The smallest absolute Gasteiger partial charge is 0.329 e. The molecule has 9 nitrogen and oxygen atoms in total. The first-order valence-corrected chi connectivity index (χ1v) is 5.54. The van der Waals surface area contributed by atoms with Gasteiger partial charge < -0.3 is 15.1 Å². The van der Waals surface area contributed by atoms with Crippen molar-refractivity contribution in [2.45, 2.75) is 46.4 Å². The van der Waals surface area contributed by atoms with Crippen molar-refractivity contribution in [2.75, 3.05) is 6.54 Å². The standard InChI is InChI=1S/C10H19N3O6/c1-7(14)18-8(2)19-11-13(17)12(6-9(15)16)10(3,4)5/h8H,6H2,1-5H3,(H,15,16)/b13-11+. The minimum atomic E-state index is -1.18. The maximum Gasteiger partial charge on any atom is 0.329 e. The topological polar surface area (TPSA) is 114 Å². The fourth-order valence-electron chi connectivity index (χ4n) is 1.09. The van der Waals surface area contributed by atoms with Gasteiger partial charge in [0.1, 0.15) is 0 Å². The summed E-state index contributed by atoms with van der Waals surface area (Å²) in [5, 5.41) is 24.5. The number of carboxylic acid groups (broad SMARTS) is 1. The second-order valence-electron chi connectivity index (χ2n) is 4.74. The molecule has 0 aromatic heterocycles. The van der Waals surface area contributed by atoms with Gasteiger partial charge in [-0.15, -0.1) is 5.01 Å². The Morgan fingerprint density at radius 3 is 2.37 bits per heavy atom. The zero-order valence-electron chi connectivity index (χ0n) is 11.6. The third-order valence-electron chi connectivity index (χ3n) is 1.86. The molecule has 0 bridgehead atoms. The Morgan fingerprint density at radius 2 is 2.00 bits per heavy atom. The molecule has 0 aliphatic heterocycles. The second kappa shape index (κ2) is 6.76. The summed E-state index contributed by atoms with van der Waals surface area (Å²) in [5.74, 6) is -1.77. The van der Waals surface area contributed by atoms with Gasteiger partial charge in [0.05, 0.1) is 10.5 Å². The van der Waals surface area contributed by atoms with Gasteiger partial charge in [-0.3, -0.25) is 14.4 Å². The van der Waals surface area contributed by atoms with E-state index in [0.717, 1.165) is 5.01 Å². The number of aliphatic carboxylic acids is 1. The largest absolute Gasteiger partial charge is 0.569 e. The van der Waals surface area contributed by atoms with Gasteiger partial charge in [-0.25, -0.2) is 0 Å². The second-order valence-corrected chi connectivity index (χ2v) is 4.74. The average Bonchev–Trinajstić information content (AvgIpc) is 2.19. The van der Waals surface area contributed by atoms with Crippen LogP contribution < -0.4 is 0 Å². The summed E-state index contributed by atoms with van der Waals surface area (Å²) in [6.45, 7) is 6.95. The van der Waals surface area contributed by atoms with E-state index in [1.807, 2.05) is 0 Å². The van der Waals surface area contributed by atoms with Crippen molar-refractivity contribution in [3.63, 3.8) is 0 Å². The summed E-state index contributed by atoms with van der Waals surface area (Å²) in [7, 11) is 0. The molecule has 9 heteroatoms. The molecular weight excluding hydrogens is 258 g/mol. The highest BCUT2D eigenvalue weighted by molar-refractivity contribution is 5.68. The molecule has 0 radical (unpaired) electrons. The normalized spacial score (nSPS) is 13.6. The zero-order chi connectivity index (χ0) is 15.2. The third kappa shape index (κ3) is 7.06. The van der Waals surface area contributed by atoms with Crippen molar-refractivity contribution < 1.29 is 29.2 Å². The molecule has 0 rings (SSSR count). The van der Waals surface area contributed by atoms with E-state index in [4.69, 9.17) is 5.11 Å². The number of hydrogen-bond acceptors (Lipinski definition) is 6. The van der Waals surface area contributed by atoms with Crippen LogP contribution in [-0.4, -0.2) is 45.4 Å². The van der Waals surface area contributed by atoms with Crippen LogP contribution in [0.2, 0.25) is 0 Å². The summed E-state index contributed by atoms with van der Waals surface area (Å²) in [6.07, 6.45) is -1.04. The molecule has 1 unspecified atom stereocenters. The average molecular weight is 277 g/mol. The first kappa shape index (κ1) is 16.9. The van der Waals surface area contributed by atoms with Crippen LogP contribution in [0.4, 0.5) is 0 Å². The molecule has 0 fully saturated rings. The molecule has 1 N–H and O–H groups in total. The molecule has 110 valence electrons. The van der Waals surface area contributed by atoms with Crippen LogP contribution in [0.1, 0.15) is 34.6 Å². The predicted octanol–water partition coefficient (Wildman–Crippen LogP) is 0.890. The van der Waals surface area contributed by atoms with E-state index >= 15 is 0 Å². The summed E-state index contributed by atoms with van der Waals surface area (Å²) < 4.78 is 4.59. The highest BCUT2D eigenvalue weighted by Gasteiger charge is 2.31. The monoisotopic (exact) mass is 277 g/mol. The predicted molar refractivity (Wildman–Crippen MR) is 62.5 cm³/mol. The van der Waals surface area contributed by atoms with E-state index in [1.54, 1.807) is 20.8 Å². The van der Waals surface area contributed by atoms with E-state index < -0.39 is 30.3 Å². The van der Waals surface area contributed by atoms with Crippen molar-refractivity contribution in [3.8, 4) is 0 Å². The summed E-state index contributed by atoms with van der Waals surface area (Å²) in [5.41, 5.74) is -0.766. The molecule has 0 amide bonds. The Morgan fingerprint density at radius 1 is 1.47 bits per heavy atom. The number of esters is 1. The summed E-state index contributed by atoms with van der Waals surface area (Å²) in [4.78, 5) is 26.0. The Bertz CT molecular complexity index is 363. The van der Waals surface area contributed by atoms with Crippen molar-refractivity contribution in [3.05, 3.63) is 5.21 Å². The fourth-order valence-corrected chi connectivity index (χ4v) is 1.09. The van der Waals surface area contributed by atoms with Crippen molar-refractivity contribution in [2.24, 2.45) is 5.28 Å². The number of hydrazine groups is 1. The van der Waals surface area contributed by atoms with Crippen LogP contribution in [0.5, 0.6) is 0 Å². The maximum atomic E-state index is 11.7. The van der Waals surface area contributed by atoms with Gasteiger partial charge in [0.2, 0.25) is 5.28 Å². The van der Waals surface area contributed by atoms with Crippen molar-refractivity contribution in [1.82, 2.24) is 5.01 Å². The lowest BCUT2D eigenvalue weighted by Gasteiger charge is -2.28. The van der Waals surface area contributed by atoms with Gasteiger partial charge in [0.15, 0.2) is 6.54 Å². The number of hydrogen-bond donors (Lipinski definition) is 1. The summed E-state index contributed by atoms with van der Waals surface area (Å²) in [6, 6.07) is 0. The third-order valence-corrected chi connectivity index (χ3v) is 1.86. The van der Waals surface area contributed by atoms with Gasteiger partial charge >= 0.3 is 11.9 Å². The molecule has 0 aliphatic rings. The van der Waals surface area contributed by atoms with Crippen LogP contribution >= 0.6 is 0 Å². The molecule has 19 heavy (non-hydrogen) atoms.